The zero-order valence-electron chi connectivity index (χ0n) is 17.2. The van der Waals surface area contributed by atoms with Crippen molar-refractivity contribution in [3.8, 4) is 6.07 Å². The molecule has 2 rings (SSSR count). The molecule has 0 fully saturated rings. The fourth-order valence-electron chi connectivity index (χ4n) is 2.60. The lowest BCUT2D eigenvalue weighted by Gasteiger charge is -2.28. The van der Waals surface area contributed by atoms with E-state index in [9.17, 15) is 14.9 Å². The van der Waals surface area contributed by atoms with Crippen LogP contribution in [-0.2, 0) is 9.53 Å². The summed E-state index contributed by atoms with van der Waals surface area (Å²) in [4.78, 5) is 29.9. The molecular weight excluding hydrogens is 354 g/mol. The van der Waals surface area contributed by atoms with E-state index in [1.54, 1.807) is 19.1 Å². The van der Waals surface area contributed by atoms with E-state index in [4.69, 9.17) is 4.74 Å². The molecule has 0 radical (unpaired) electrons. The van der Waals surface area contributed by atoms with Crippen molar-refractivity contribution in [1.29, 1.82) is 5.26 Å². The summed E-state index contributed by atoms with van der Waals surface area (Å²) in [5, 5.41) is 12.7. The molecule has 1 amide bonds. The minimum Gasteiger partial charge on any atom is -0.449 e. The second-order valence-corrected chi connectivity index (χ2v) is 7.77. The van der Waals surface area contributed by atoms with Crippen LogP contribution in [0.3, 0.4) is 0 Å². The van der Waals surface area contributed by atoms with Crippen LogP contribution in [0.15, 0.2) is 30.3 Å². The van der Waals surface area contributed by atoms with Crippen LogP contribution in [0.4, 0.5) is 0 Å². The number of pyridine rings is 1. The summed E-state index contributed by atoms with van der Waals surface area (Å²) in [5.41, 5.74) is 0.821. The topological polar surface area (TPSA) is 92.1 Å². The van der Waals surface area contributed by atoms with Crippen molar-refractivity contribution in [3.05, 3.63) is 41.6 Å². The van der Waals surface area contributed by atoms with Gasteiger partial charge in [-0.15, -0.1) is 0 Å². The number of hydrogen-bond donors (Lipinski definition) is 1. The highest BCUT2D eigenvalue weighted by molar-refractivity contribution is 6.04. The number of ether oxygens (including phenoxy) is 1. The van der Waals surface area contributed by atoms with Crippen molar-refractivity contribution in [2.24, 2.45) is 5.92 Å². The van der Waals surface area contributed by atoms with E-state index in [1.807, 2.05) is 45.9 Å². The fraction of sp³-hybridized carbons (Fsp3) is 0.455. The van der Waals surface area contributed by atoms with Gasteiger partial charge in [0.15, 0.2) is 6.10 Å². The van der Waals surface area contributed by atoms with Gasteiger partial charge in [-0.25, -0.2) is 4.79 Å². The van der Waals surface area contributed by atoms with Crippen molar-refractivity contribution in [1.82, 2.24) is 10.3 Å². The zero-order chi connectivity index (χ0) is 21.1. The first kappa shape index (κ1) is 21.4. The van der Waals surface area contributed by atoms with Crippen molar-refractivity contribution < 1.29 is 14.3 Å². The van der Waals surface area contributed by atoms with E-state index in [1.165, 1.54) is 6.92 Å². The average molecular weight is 381 g/mol. The highest BCUT2D eigenvalue weighted by Gasteiger charge is 2.33. The molecule has 1 aromatic heterocycles. The Morgan fingerprint density at radius 1 is 1.18 bits per heavy atom. The Bertz CT molecular complexity index is 930. The van der Waals surface area contributed by atoms with E-state index in [0.29, 0.717) is 16.5 Å². The van der Waals surface area contributed by atoms with E-state index in [-0.39, 0.29) is 11.8 Å². The normalized spacial score (nSPS) is 14.4. The lowest BCUT2D eigenvalue weighted by Crippen LogP contribution is -2.52. The van der Waals surface area contributed by atoms with Gasteiger partial charge in [0, 0.05) is 11.1 Å². The molecule has 2 unspecified atom stereocenters. The minimum absolute atomic E-state index is 0.0953. The Morgan fingerprint density at radius 2 is 1.82 bits per heavy atom. The fourth-order valence-corrected chi connectivity index (χ4v) is 2.60. The number of carbonyl (C=O) groups is 2. The molecule has 0 aliphatic heterocycles. The zero-order valence-corrected chi connectivity index (χ0v) is 17.2. The molecule has 2 atom stereocenters. The molecular formula is C22H27N3O3. The van der Waals surface area contributed by atoms with Crippen LogP contribution in [0.25, 0.3) is 10.9 Å². The molecule has 6 nitrogen and oxygen atoms in total. The highest BCUT2D eigenvalue weighted by Crippen LogP contribution is 2.23. The SMILES string of the molecule is CC(OC(=O)c1cc(C(C)C)nc2ccccc12)C(=O)NC(C)(C#N)C(C)C. The first-order valence-corrected chi connectivity index (χ1v) is 9.43. The predicted molar refractivity (Wildman–Crippen MR) is 108 cm³/mol. The molecule has 0 aliphatic rings. The standard InChI is InChI=1S/C22H27N3O3/c1-13(2)19-11-17(16-9-7-8-10-18(16)24-19)21(27)28-15(5)20(26)25-22(6,12-23)14(3)4/h7-11,13-15H,1-6H3,(H,25,26). The number of esters is 1. The van der Waals surface area contributed by atoms with Crippen molar-refractivity contribution >= 4 is 22.8 Å². The summed E-state index contributed by atoms with van der Waals surface area (Å²) >= 11 is 0. The molecule has 148 valence electrons. The van der Waals surface area contributed by atoms with E-state index in [2.05, 4.69) is 16.4 Å². The van der Waals surface area contributed by atoms with Crippen LogP contribution in [0.2, 0.25) is 0 Å². The Labute approximate surface area is 165 Å². The van der Waals surface area contributed by atoms with Gasteiger partial charge in [0.2, 0.25) is 0 Å². The quantitative estimate of drug-likeness (QED) is 0.765. The van der Waals surface area contributed by atoms with Crippen molar-refractivity contribution in [2.75, 3.05) is 0 Å². The largest absolute Gasteiger partial charge is 0.449 e. The van der Waals surface area contributed by atoms with Gasteiger partial charge in [0.05, 0.1) is 17.1 Å². The second kappa shape index (κ2) is 8.39. The molecule has 2 aromatic rings. The Hall–Kier alpha value is -2.94. The number of fused-ring (bicyclic) bond motifs is 1. The van der Waals surface area contributed by atoms with Crippen molar-refractivity contribution in [3.63, 3.8) is 0 Å². The second-order valence-electron chi connectivity index (χ2n) is 7.77. The minimum atomic E-state index is -1.04. The van der Waals surface area contributed by atoms with E-state index >= 15 is 0 Å². The number of carbonyl (C=O) groups excluding carboxylic acids is 2. The summed E-state index contributed by atoms with van der Waals surface area (Å²) in [6.07, 6.45) is -1.03. The van der Waals surface area contributed by atoms with E-state index in [0.717, 1.165) is 5.69 Å². The average Bonchev–Trinajstić information content (AvgIpc) is 2.66. The van der Waals surface area contributed by atoms with Crippen LogP contribution in [0.1, 0.15) is 63.5 Å². The first-order chi connectivity index (χ1) is 13.1. The molecule has 1 aromatic carbocycles. The lowest BCUT2D eigenvalue weighted by atomic mass is 9.90. The van der Waals surface area contributed by atoms with Gasteiger partial charge in [-0.05, 0) is 37.8 Å². The summed E-state index contributed by atoms with van der Waals surface area (Å²) in [5.74, 6) is -1.05. The van der Waals surface area contributed by atoms with Gasteiger partial charge in [-0.3, -0.25) is 9.78 Å². The number of aromatic nitrogens is 1. The van der Waals surface area contributed by atoms with Crippen LogP contribution < -0.4 is 5.32 Å². The Kier molecular flexibility index (Phi) is 6.40. The maximum atomic E-state index is 12.8. The Morgan fingerprint density at radius 3 is 2.39 bits per heavy atom. The van der Waals surface area contributed by atoms with E-state index < -0.39 is 23.5 Å². The van der Waals surface area contributed by atoms with Crippen LogP contribution in [0.5, 0.6) is 0 Å². The third-order valence-corrected chi connectivity index (χ3v) is 4.97. The molecule has 0 bridgehead atoms. The maximum Gasteiger partial charge on any atom is 0.339 e. The summed E-state index contributed by atoms with van der Waals surface area (Å²) in [7, 11) is 0. The molecule has 1 N–H and O–H groups in total. The number of nitrogens with zero attached hydrogens (tertiary/aromatic N) is 2. The van der Waals surface area contributed by atoms with Gasteiger partial charge >= 0.3 is 5.97 Å². The predicted octanol–water partition coefficient (Wildman–Crippen LogP) is 3.96. The molecule has 6 heteroatoms. The van der Waals surface area contributed by atoms with Gasteiger partial charge in [0.1, 0.15) is 5.54 Å². The Balaban J connectivity index is 2.27. The molecule has 0 spiro atoms. The number of hydrogen-bond acceptors (Lipinski definition) is 5. The molecule has 28 heavy (non-hydrogen) atoms. The van der Waals surface area contributed by atoms with Gasteiger partial charge in [0.25, 0.3) is 5.91 Å². The number of nitrogens with one attached hydrogen (secondary N) is 1. The van der Waals surface area contributed by atoms with Crippen LogP contribution in [0, 0.1) is 17.2 Å². The van der Waals surface area contributed by atoms with Crippen LogP contribution in [-0.4, -0.2) is 28.5 Å². The van der Waals surface area contributed by atoms with Crippen molar-refractivity contribution in [2.45, 2.75) is 59.1 Å². The number of para-hydroxylation sites is 1. The first-order valence-electron chi connectivity index (χ1n) is 9.43. The molecule has 0 saturated carbocycles. The highest BCUT2D eigenvalue weighted by atomic mass is 16.5. The third-order valence-electron chi connectivity index (χ3n) is 4.97. The van der Waals surface area contributed by atoms with Gasteiger partial charge < -0.3 is 10.1 Å². The van der Waals surface area contributed by atoms with Gasteiger partial charge in [-0.1, -0.05) is 45.9 Å². The monoisotopic (exact) mass is 381 g/mol. The number of amides is 1. The van der Waals surface area contributed by atoms with Gasteiger partial charge in [-0.2, -0.15) is 5.26 Å². The summed E-state index contributed by atoms with van der Waals surface area (Å²) in [6.45, 7) is 10.8. The molecule has 0 saturated heterocycles. The summed E-state index contributed by atoms with van der Waals surface area (Å²) < 4.78 is 5.42. The third kappa shape index (κ3) is 4.48. The lowest BCUT2D eigenvalue weighted by molar-refractivity contribution is -0.130. The summed E-state index contributed by atoms with van der Waals surface area (Å²) in [6, 6.07) is 11.2. The molecule has 0 aliphatic carbocycles. The van der Waals surface area contributed by atoms with Crippen LogP contribution >= 0.6 is 0 Å². The smallest absolute Gasteiger partial charge is 0.339 e. The maximum absolute atomic E-state index is 12.8. The number of benzene rings is 1. The number of rotatable bonds is 6. The number of nitriles is 1. The molecule has 1 heterocycles.